The molecule has 1 N–H and O–H groups in total. The van der Waals surface area contributed by atoms with Crippen molar-refractivity contribution < 1.29 is 9.53 Å². The number of benzene rings is 1. The summed E-state index contributed by atoms with van der Waals surface area (Å²) in [5.41, 5.74) is 3.65. The first-order valence-electron chi connectivity index (χ1n) is 8.80. The van der Waals surface area contributed by atoms with Gasteiger partial charge in [0.25, 0.3) is 5.91 Å². The number of hydrazone groups is 1. The fraction of sp³-hybridized carbons (Fsp3) is 0.200. The Labute approximate surface area is 177 Å². The smallest absolute Gasteiger partial charge is 0.283 e. The maximum absolute atomic E-state index is 12.5. The molecule has 148 valence electrons. The van der Waals surface area contributed by atoms with Crippen LogP contribution in [0, 0.1) is 19.3 Å². The summed E-state index contributed by atoms with van der Waals surface area (Å²) < 4.78 is 7.50. The minimum atomic E-state index is -0.441. The molecule has 2 aliphatic heterocycles. The highest BCUT2D eigenvalue weighted by atomic mass is 35.5. The second-order valence-corrected chi connectivity index (χ2v) is 8.21. The van der Waals surface area contributed by atoms with Crippen LogP contribution in [0.1, 0.15) is 23.9 Å². The number of nitrogens with one attached hydrogen (secondary N) is 1. The number of methoxy groups -OCH3 is 1. The highest BCUT2D eigenvalue weighted by Crippen LogP contribution is 2.32. The van der Waals surface area contributed by atoms with Gasteiger partial charge in [-0.2, -0.15) is 15.1 Å². The first-order valence-corrected chi connectivity index (χ1v) is 9.99. The zero-order valence-electron chi connectivity index (χ0n) is 16.3. The van der Waals surface area contributed by atoms with Crippen LogP contribution in [0.4, 0.5) is 0 Å². The number of amidine groups is 2. The largest absolute Gasteiger partial charge is 0.495 e. The van der Waals surface area contributed by atoms with E-state index in [1.165, 1.54) is 16.8 Å². The first-order chi connectivity index (χ1) is 13.8. The third kappa shape index (κ3) is 3.28. The van der Waals surface area contributed by atoms with Crippen LogP contribution in [0.3, 0.4) is 0 Å². The van der Waals surface area contributed by atoms with Crippen molar-refractivity contribution in [2.24, 2.45) is 10.1 Å². The van der Waals surface area contributed by atoms with E-state index in [0.717, 1.165) is 27.7 Å². The molecule has 0 aliphatic carbocycles. The van der Waals surface area contributed by atoms with Gasteiger partial charge in [-0.1, -0.05) is 11.6 Å². The van der Waals surface area contributed by atoms with Crippen molar-refractivity contribution in [3.8, 4) is 11.4 Å². The average molecular weight is 428 g/mol. The molecule has 0 atom stereocenters. The number of halogens is 1. The normalized spacial score (nSPS) is 17.6. The highest BCUT2D eigenvalue weighted by molar-refractivity contribution is 8.26. The summed E-state index contributed by atoms with van der Waals surface area (Å²) in [4.78, 5) is 16.6. The van der Waals surface area contributed by atoms with Crippen molar-refractivity contribution in [1.82, 2.24) is 9.58 Å². The Morgan fingerprint density at radius 2 is 2.00 bits per heavy atom. The van der Waals surface area contributed by atoms with Crippen LogP contribution in [0.5, 0.6) is 5.75 Å². The number of carbonyl (C=O) groups excluding carboxylic acids is 1. The van der Waals surface area contributed by atoms with Crippen LogP contribution in [-0.2, 0) is 4.79 Å². The van der Waals surface area contributed by atoms with E-state index in [-0.39, 0.29) is 11.4 Å². The van der Waals surface area contributed by atoms with Crippen molar-refractivity contribution in [2.45, 2.75) is 20.8 Å². The summed E-state index contributed by atoms with van der Waals surface area (Å²) in [7, 11) is 1.61. The lowest BCUT2D eigenvalue weighted by Crippen LogP contribution is -2.35. The second kappa shape index (κ2) is 7.20. The van der Waals surface area contributed by atoms with Gasteiger partial charge in [-0.3, -0.25) is 10.2 Å². The molecule has 0 unspecified atom stereocenters. The third-order valence-corrected chi connectivity index (χ3v) is 5.77. The summed E-state index contributed by atoms with van der Waals surface area (Å²) in [6, 6.07) is 7.38. The molecule has 2 aliphatic rings. The molecule has 0 fully saturated rings. The summed E-state index contributed by atoms with van der Waals surface area (Å²) >= 11 is 7.49. The van der Waals surface area contributed by atoms with Crippen LogP contribution in [-0.4, -0.2) is 38.6 Å². The van der Waals surface area contributed by atoms with Gasteiger partial charge in [-0.05, 0) is 68.4 Å². The quantitative estimate of drug-likeness (QED) is 0.736. The molecule has 2 aromatic rings. The predicted molar refractivity (Wildman–Crippen MR) is 117 cm³/mol. The van der Waals surface area contributed by atoms with E-state index in [9.17, 15) is 4.79 Å². The molecule has 29 heavy (non-hydrogen) atoms. The lowest BCUT2D eigenvalue weighted by molar-refractivity contribution is -0.114. The molecule has 1 aromatic carbocycles. The predicted octanol–water partition coefficient (Wildman–Crippen LogP) is 4.40. The van der Waals surface area contributed by atoms with Gasteiger partial charge in [0.2, 0.25) is 5.17 Å². The van der Waals surface area contributed by atoms with E-state index >= 15 is 0 Å². The number of nitrogens with zero attached hydrogens (tertiary/aromatic N) is 4. The van der Waals surface area contributed by atoms with Crippen LogP contribution < -0.4 is 4.74 Å². The number of aromatic nitrogens is 1. The van der Waals surface area contributed by atoms with Gasteiger partial charge >= 0.3 is 0 Å². The van der Waals surface area contributed by atoms with Gasteiger partial charge in [-0.15, -0.1) is 0 Å². The van der Waals surface area contributed by atoms with Crippen molar-refractivity contribution in [2.75, 3.05) is 7.11 Å². The van der Waals surface area contributed by atoms with E-state index < -0.39 is 5.91 Å². The molecule has 9 heteroatoms. The Bertz CT molecular complexity index is 1160. The van der Waals surface area contributed by atoms with E-state index in [4.69, 9.17) is 21.7 Å². The lowest BCUT2D eigenvalue weighted by Gasteiger charge is -2.20. The molecule has 0 saturated carbocycles. The van der Waals surface area contributed by atoms with Crippen LogP contribution >= 0.6 is 23.4 Å². The molecule has 1 amide bonds. The van der Waals surface area contributed by atoms with Crippen LogP contribution in [0.25, 0.3) is 11.8 Å². The maximum Gasteiger partial charge on any atom is 0.283 e. The maximum atomic E-state index is 12.5. The lowest BCUT2D eigenvalue weighted by atomic mass is 10.1. The van der Waals surface area contributed by atoms with E-state index in [1.807, 2.05) is 43.5 Å². The molecule has 0 saturated heterocycles. The van der Waals surface area contributed by atoms with Crippen LogP contribution in [0.15, 0.2) is 39.9 Å². The van der Waals surface area contributed by atoms with Crippen molar-refractivity contribution in [3.05, 3.63) is 51.8 Å². The van der Waals surface area contributed by atoms with Gasteiger partial charge in [0.15, 0.2) is 5.84 Å². The first kappa shape index (κ1) is 19.5. The Balaban J connectivity index is 1.81. The molecule has 3 heterocycles. The summed E-state index contributed by atoms with van der Waals surface area (Å²) in [6.07, 6.45) is 1.69. The topological polar surface area (TPSA) is 83.0 Å². The summed E-state index contributed by atoms with van der Waals surface area (Å²) in [6.45, 7) is 5.72. The van der Waals surface area contributed by atoms with Crippen molar-refractivity contribution in [3.63, 3.8) is 0 Å². The minimum Gasteiger partial charge on any atom is -0.495 e. The Morgan fingerprint density at radius 3 is 2.72 bits per heavy atom. The number of thioether (sulfide) groups is 1. The van der Waals surface area contributed by atoms with E-state index in [2.05, 4.69) is 10.1 Å². The van der Waals surface area contributed by atoms with Gasteiger partial charge in [-0.25, -0.2) is 0 Å². The van der Waals surface area contributed by atoms with Crippen molar-refractivity contribution in [1.29, 1.82) is 5.41 Å². The number of hydrogen-bond donors (Lipinski definition) is 1. The highest BCUT2D eigenvalue weighted by Gasteiger charge is 2.34. The van der Waals surface area contributed by atoms with Gasteiger partial charge in [0, 0.05) is 16.4 Å². The van der Waals surface area contributed by atoms with Gasteiger partial charge < -0.3 is 9.30 Å². The SMILES string of the molecule is COc1ccc(Cl)cc1-n1c(C)cc(C=C2C(=N)N3N=C(C)SC3=NC2=O)c1C. The van der Waals surface area contributed by atoms with Gasteiger partial charge in [0.1, 0.15) is 5.75 Å². The number of fused-ring (bicyclic) bond motifs is 1. The minimum absolute atomic E-state index is 0.0227. The van der Waals surface area contributed by atoms with Crippen molar-refractivity contribution >= 4 is 51.4 Å². The number of aliphatic imine (C=N–C) groups is 1. The Hall–Kier alpha value is -2.84. The fourth-order valence-corrected chi connectivity index (χ4v) is 4.29. The number of aryl methyl sites for hydroxylation is 1. The molecule has 4 rings (SSSR count). The number of ether oxygens (including phenoxy) is 1. The molecular formula is C20H18ClN5O2S. The number of carbonyl (C=O) groups is 1. The third-order valence-electron chi connectivity index (χ3n) is 4.71. The molecule has 0 bridgehead atoms. The monoisotopic (exact) mass is 427 g/mol. The standard InChI is InChI=1S/C20H18ClN5O2S/c1-10-7-13(11(2)25(10)16-9-14(21)5-6-17(16)28-4)8-15-18(22)26-20(23-19(15)27)29-12(3)24-26/h5-9,22H,1-4H3. The number of hydrogen-bond acceptors (Lipinski definition) is 5. The second-order valence-electron chi connectivity index (χ2n) is 6.62. The molecular weight excluding hydrogens is 410 g/mol. The summed E-state index contributed by atoms with van der Waals surface area (Å²) in [5.74, 6) is 0.267. The molecule has 0 radical (unpaired) electrons. The molecule has 1 aromatic heterocycles. The van der Waals surface area contributed by atoms with Gasteiger partial charge in [0.05, 0.1) is 23.4 Å². The number of rotatable bonds is 3. The fourth-order valence-electron chi connectivity index (χ4n) is 3.39. The Morgan fingerprint density at radius 1 is 1.24 bits per heavy atom. The zero-order chi connectivity index (χ0) is 20.9. The van der Waals surface area contributed by atoms with E-state index in [1.54, 1.807) is 19.3 Å². The molecule has 0 spiro atoms. The number of amides is 1. The molecule has 7 nitrogen and oxygen atoms in total. The Kier molecular flexibility index (Phi) is 4.84. The van der Waals surface area contributed by atoms with Crippen LogP contribution in [0.2, 0.25) is 5.02 Å². The average Bonchev–Trinajstić information content (AvgIpc) is 3.17. The zero-order valence-corrected chi connectivity index (χ0v) is 17.9. The van der Waals surface area contributed by atoms with E-state index in [0.29, 0.717) is 15.9 Å². The summed E-state index contributed by atoms with van der Waals surface area (Å²) in [5, 5.41) is 15.8.